The zero-order valence-electron chi connectivity index (χ0n) is 14.7. The number of halogens is 1. The van der Waals surface area contributed by atoms with Gasteiger partial charge in [0.15, 0.2) is 11.6 Å². The zero-order chi connectivity index (χ0) is 17.3. The van der Waals surface area contributed by atoms with Crippen LogP contribution < -0.4 is 0 Å². The van der Waals surface area contributed by atoms with Crippen molar-refractivity contribution in [3.05, 3.63) is 0 Å². The van der Waals surface area contributed by atoms with E-state index in [4.69, 9.17) is 0 Å². The Morgan fingerprint density at radius 2 is 1.79 bits per heavy atom. The maximum absolute atomic E-state index is 13.3. The molecule has 0 N–H and O–H groups in total. The van der Waals surface area contributed by atoms with E-state index >= 15 is 0 Å². The van der Waals surface area contributed by atoms with Gasteiger partial charge >= 0.3 is 0 Å². The van der Waals surface area contributed by atoms with Crippen LogP contribution in [0.5, 0.6) is 0 Å². The molecule has 8 atom stereocenters. The molecule has 6 aliphatic carbocycles. The van der Waals surface area contributed by atoms with Gasteiger partial charge in [0.25, 0.3) is 0 Å². The number of carbonyl (C=O) groups excluding carboxylic acids is 3. The van der Waals surface area contributed by atoms with Gasteiger partial charge in [0.2, 0.25) is 0 Å². The molecule has 4 heteroatoms. The summed E-state index contributed by atoms with van der Waals surface area (Å²) in [4.78, 5) is 39.2. The van der Waals surface area contributed by atoms with E-state index in [0.29, 0.717) is 24.0 Å². The summed E-state index contributed by atoms with van der Waals surface area (Å²) < 4.78 is 0. The number of ketones is 3. The molecule has 3 nitrogen and oxygen atoms in total. The summed E-state index contributed by atoms with van der Waals surface area (Å²) in [5, 5.41) is 0.685. The van der Waals surface area contributed by atoms with Crippen molar-refractivity contribution in [1.29, 1.82) is 0 Å². The third kappa shape index (κ3) is 1.26. The Bertz CT molecular complexity index is 716. The molecular formula is C20H25BrO3. The lowest BCUT2D eigenvalue weighted by Crippen LogP contribution is -2.64. The van der Waals surface area contributed by atoms with E-state index < -0.39 is 5.41 Å². The van der Waals surface area contributed by atoms with Crippen LogP contribution in [0.15, 0.2) is 0 Å². The van der Waals surface area contributed by atoms with Crippen molar-refractivity contribution < 1.29 is 14.4 Å². The summed E-state index contributed by atoms with van der Waals surface area (Å²) in [5.41, 5.74) is -1.45. The fourth-order valence-electron chi connectivity index (χ4n) is 8.02. The predicted molar refractivity (Wildman–Crippen MR) is 92.6 cm³/mol. The number of rotatable bonds is 1. The van der Waals surface area contributed by atoms with E-state index in [1.54, 1.807) is 0 Å². The molecule has 0 heterocycles. The largest absolute Gasteiger partial charge is 0.299 e. The third-order valence-corrected chi connectivity index (χ3v) is 10.6. The first-order chi connectivity index (χ1) is 11.2. The van der Waals surface area contributed by atoms with E-state index in [1.807, 2.05) is 6.92 Å². The molecule has 0 saturated heterocycles. The first-order valence-corrected chi connectivity index (χ1v) is 10.5. The molecule has 6 rings (SSSR count). The van der Waals surface area contributed by atoms with E-state index in [1.165, 1.54) is 0 Å². The second-order valence-corrected chi connectivity index (χ2v) is 10.5. The van der Waals surface area contributed by atoms with E-state index in [-0.39, 0.29) is 51.5 Å². The Morgan fingerprint density at radius 1 is 1.08 bits per heavy atom. The maximum Gasteiger partial charge on any atom is 0.153 e. The Balaban J connectivity index is 1.64. The van der Waals surface area contributed by atoms with Crippen molar-refractivity contribution in [3.63, 3.8) is 0 Å². The number of hydrogen-bond donors (Lipinski definition) is 0. The van der Waals surface area contributed by atoms with Gasteiger partial charge in [0, 0.05) is 28.5 Å². The van der Waals surface area contributed by atoms with Crippen LogP contribution in [0.25, 0.3) is 0 Å². The lowest BCUT2D eigenvalue weighted by Gasteiger charge is -2.63. The van der Waals surface area contributed by atoms with Gasteiger partial charge < -0.3 is 0 Å². The number of alkyl halides is 1. The molecule has 0 aromatic heterocycles. The van der Waals surface area contributed by atoms with Gasteiger partial charge in [-0.3, -0.25) is 14.4 Å². The second kappa shape index (κ2) is 4.07. The minimum Gasteiger partial charge on any atom is -0.299 e. The SMILES string of the molecule is C[C@]12CCC(=O)[C@@](C)(CBr)[C@@H]1CC[C@]13C(=O)[C@H]4[C@H](C[C@@H]12)[C@@]4(C)C3=O. The van der Waals surface area contributed by atoms with Crippen LogP contribution in [0.4, 0.5) is 0 Å². The Morgan fingerprint density at radius 3 is 2.38 bits per heavy atom. The van der Waals surface area contributed by atoms with Gasteiger partial charge in [-0.1, -0.05) is 36.7 Å². The zero-order valence-corrected chi connectivity index (χ0v) is 16.2. The molecule has 0 aromatic rings. The summed E-state index contributed by atoms with van der Waals surface area (Å²) in [7, 11) is 0. The van der Waals surface area contributed by atoms with Crippen molar-refractivity contribution in [2.24, 2.45) is 45.3 Å². The average molecular weight is 393 g/mol. The smallest absolute Gasteiger partial charge is 0.153 e. The fraction of sp³-hybridized carbons (Fsp3) is 0.850. The van der Waals surface area contributed by atoms with E-state index in [0.717, 1.165) is 19.3 Å². The Kier molecular flexibility index (Phi) is 2.67. The average Bonchev–Trinajstić information content (AvgIpc) is 3.14. The minimum absolute atomic E-state index is 0.0224. The fourth-order valence-corrected chi connectivity index (χ4v) is 8.72. The second-order valence-electron chi connectivity index (χ2n) is 9.89. The van der Waals surface area contributed by atoms with Gasteiger partial charge in [0.05, 0.1) is 5.41 Å². The summed E-state index contributed by atoms with van der Waals surface area (Å²) in [6.07, 6.45) is 3.99. The standard InChI is InChI=1S/C20H25BrO3/c1-17-6-5-13(22)18(2,9-21)11(17)4-7-20-12(17)8-10-14(15(20)23)19(10,3)16(20)24/h10-12,14H,4-9H2,1-3H3/t10-,11+,12+,14+,17-,18-,19+,20+/m0/s1. The molecule has 0 aromatic carbocycles. The minimum atomic E-state index is -0.701. The van der Waals surface area contributed by atoms with E-state index in [2.05, 4.69) is 29.8 Å². The lowest BCUT2D eigenvalue weighted by atomic mass is 9.39. The first-order valence-electron chi connectivity index (χ1n) is 9.37. The van der Waals surface area contributed by atoms with Gasteiger partial charge in [-0.05, 0) is 48.9 Å². The van der Waals surface area contributed by atoms with Crippen LogP contribution in [0.1, 0.15) is 52.9 Å². The van der Waals surface area contributed by atoms with Gasteiger partial charge in [0.1, 0.15) is 5.78 Å². The third-order valence-electron chi connectivity index (χ3n) is 9.40. The van der Waals surface area contributed by atoms with Crippen LogP contribution in [0.3, 0.4) is 0 Å². The molecule has 130 valence electrons. The Labute approximate surface area is 151 Å². The molecule has 0 radical (unpaired) electrons. The number of fused-ring (bicyclic) bond motifs is 1. The molecule has 0 aliphatic heterocycles. The molecule has 6 aliphatic rings. The Hall–Kier alpha value is -0.510. The van der Waals surface area contributed by atoms with Crippen LogP contribution >= 0.6 is 15.9 Å². The molecule has 24 heavy (non-hydrogen) atoms. The molecule has 6 saturated carbocycles. The first kappa shape index (κ1) is 15.7. The van der Waals surface area contributed by atoms with Crippen molar-refractivity contribution in [2.75, 3.05) is 5.33 Å². The maximum atomic E-state index is 13.3. The summed E-state index contributed by atoms with van der Waals surface area (Å²) in [6, 6.07) is 0. The van der Waals surface area contributed by atoms with Crippen LogP contribution in [0, 0.1) is 45.3 Å². The molecule has 4 bridgehead atoms. The van der Waals surface area contributed by atoms with E-state index in [9.17, 15) is 14.4 Å². The number of Topliss-reactive ketones (excluding diaryl/α,β-unsaturated/α-hetero) is 3. The topological polar surface area (TPSA) is 51.2 Å². The highest BCUT2D eigenvalue weighted by Gasteiger charge is 2.87. The highest BCUT2D eigenvalue weighted by atomic mass is 79.9. The highest BCUT2D eigenvalue weighted by Crippen LogP contribution is 2.82. The summed E-state index contributed by atoms with van der Waals surface area (Å²) in [5.74, 6) is 1.64. The molecular weight excluding hydrogens is 368 g/mol. The van der Waals surface area contributed by atoms with Crippen molar-refractivity contribution in [2.45, 2.75) is 52.9 Å². The quantitative estimate of drug-likeness (QED) is 0.506. The monoisotopic (exact) mass is 392 g/mol. The molecule has 0 amide bonds. The molecule has 1 spiro atoms. The number of carbonyl (C=O) groups is 3. The molecule has 6 fully saturated rings. The number of hydrogen-bond acceptors (Lipinski definition) is 3. The summed E-state index contributed by atoms with van der Waals surface area (Å²) in [6.45, 7) is 6.42. The summed E-state index contributed by atoms with van der Waals surface area (Å²) >= 11 is 3.60. The van der Waals surface area contributed by atoms with Crippen LogP contribution in [-0.4, -0.2) is 22.7 Å². The van der Waals surface area contributed by atoms with Crippen LogP contribution in [-0.2, 0) is 14.4 Å². The van der Waals surface area contributed by atoms with Gasteiger partial charge in [-0.25, -0.2) is 0 Å². The van der Waals surface area contributed by atoms with Crippen molar-refractivity contribution >= 4 is 33.3 Å². The normalized spacial score (nSPS) is 60.8. The van der Waals surface area contributed by atoms with Crippen molar-refractivity contribution in [3.8, 4) is 0 Å². The predicted octanol–water partition coefficient (Wildman–Crippen LogP) is 3.58. The lowest BCUT2D eigenvalue weighted by molar-refractivity contribution is -0.181. The van der Waals surface area contributed by atoms with Crippen molar-refractivity contribution in [1.82, 2.24) is 0 Å². The highest BCUT2D eigenvalue weighted by molar-refractivity contribution is 9.09. The van der Waals surface area contributed by atoms with Gasteiger partial charge in [-0.2, -0.15) is 0 Å². The van der Waals surface area contributed by atoms with Crippen LogP contribution in [0.2, 0.25) is 0 Å². The van der Waals surface area contributed by atoms with Gasteiger partial charge in [-0.15, -0.1) is 0 Å². The molecule has 0 unspecified atom stereocenters.